The zero-order valence-corrected chi connectivity index (χ0v) is 9.59. The lowest BCUT2D eigenvalue weighted by Crippen LogP contribution is -2.21. The maximum atomic E-state index is 7.15. The monoisotopic (exact) mass is 254 g/mol. The molecule has 1 atom stereocenters. The van der Waals surface area contributed by atoms with Crippen LogP contribution in [-0.4, -0.2) is 10.9 Å². The second kappa shape index (κ2) is 5.91. The molecule has 1 aromatic heterocycles. The number of nitrogens with two attached hydrogens (primary N) is 3. The molecule has 0 bridgehead atoms. The van der Waals surface area contributed by atoms with Crippen LogP contribution in [0.5, 0.6) is 0 Å². The van der Waals surface area contributed by atoms with Gasteiger partial charge in [-0.25, -0.2) is 4.98 Å². The van der Waals surface area contributed by atoms with E-state index in [1.165, 1.54) is 11.3 Å². The van der Waals surface area contributed by atoms with Crippen molar-refractivity contribution < 1.29 is 0 Å². The molecule has 1 unspecified atom stereocenters. The van der Waals surface area contributed by atoms with Crippen LogP contribution >= 0.6 is 23.7 Å². The van der Waals surface area contributed by atoms with E-state index in [2.05, 4.69) is 9.98 Å². The van der Waals surface area contributed by atoms with Crippen LogP contribution in [0, 0.1) is 4.78 Å². The molecular formula is C5H11ClN6S2. The molecule has 0 saturated carbocycles. The van der Waals surface area contributed by atoms with Gasteiger partial charge in [-0.15, -0.1) is 23.7 Å². The van der Waals surface area contributed by atoms with E-state index in [1.54, 1.807) is 5.38 Å². The van der Waals surface area contributed by atoms with Crippen molar-refractivity contribution in [2.45, 2.75) is 5.75 Å². The lowest BCUT2D eigenvalue weighted by Gasteiger charge is -1.91. The molecule has 6 nitrogen and oxygen atoms in total. The van der Waals surface area contributed by atoms with E-state index in [4.69, 9.17) is 21.4 Å². The second-order valence-electron chi connectivity index (χ2n) is 2.23. The molecule has 7 N–H and O–H groups in total. The van der Waals surface area contributed by atoms with Crippen molar-refractivity contribution in [3.05, 3.63) is 11.1 Å². The highest BCUT2D eigenvalue weighted by molar-refractivity contribution is 7.82. The zero-order valence-electron chi connectivity index (χ0n) is 7.14. The van der Waals surface area contributed by atoms with Gasteiger partial charge in [0.2, 0.25) is 5.13 Å². The third-order valence-electron chi connectivity index (χ3n) is 1.07. The summed E-state index contributed by atoms with van der Waals surface area (Å²) in [5, 5.41) is 7.60. The Bertz CT molecular complexity index is 344. The first-order chi connectivity index (χ1) is 6.08. The largest absolute Gasteiger partial charge is 0.370 e. The minimum atomic E-state index is -0.883. The van der Waals surface area contributed by atoms with E-state index < -0.39 is 10.9 Å². The van der Waals surface area contributed by atoms with Crippen LogP contribution in [0.2, 0.25) is 0 Å². The minimum Gasteiger partial charge on any atom is -0.370 e. The molecule has 1 heterocycles. The van der Waals surface area contributed by atoms with E-state index in [1.807, 2.05) is 0 Å². The molecule has 0 amide bonds. The highest BCUT2D eigenvalue weighted by Gasteiger charge is 2.01. The summed E-state index contributed by atoms with van der Waals surface area (Å²) in [6, 6.07) is 0. The summed E-state index contributed by atoms with van der Waals surface area (Å²) in [7, 11) is -0.883. The molecule has 0 fully saturated rings. The van der Waals surface area contributed by atoms with Crippen molar-refractivity contribution in [3.63, 3.8) is 0 Å². The first-order valence-corrected chi connectivity index (χ1v) is 5.62. The first-order valence-electron chi connectivity index (χ1n) is 3.28. The molecule has 1 aromatic rings. The predicted octanol–water partition coefficient (Wildman–Crippen LogP) is 0.224. The number of halogens is 1. The molecular weight excluding hydrogens is 244 g/mol. The van der Waals surface area contributed by atoms with E-state index in [9.17, 15) is 0 Å². The van der Waals surface area contributed by atoms with Gasteiger partial charge in [-0.1, -0.05) is 0 Å². The number of thiazole rings is 1. The van der Waals surface area contributed by atoms with Crippen molar-refractivity contribution in [3.8, 4) is 0 Å². The smallest absolute Gasteiger partial charge is 0.212 e. The Morgan fingerprint density at radius 1 is 1.64 bits per heavy atom. The number of nitrogens with zero attached hydrogens (tertiary/aromatic N) is 2. The van der Waals surface area contributed by atoms with Crippen molar-refractivity contribution >= 4 is 45.7 Å². The number of nitrogens with one attached hydrogen (secondary N) is 1. The third kappa shape index (κ3) is 4.51. The highest BCUT2D eigenvalue weighted by atomic mass is 35.5. The van der Waals surface area contributed by atoms with Crippen molar-refractivity contribution in [1.82, 2.24) is 4.98 Å². The summed E-state index contributed by atoms with van der Waals surface area (Å²) < 4.78 is 7.15. The lowest BCUT2D eigenvalue weighted by molar-refractivity contribution is 1.20. The van der Waals surface area contributed by atoms with Gasteiger partial charge < -0.3 is 11.5 Å². The van der Waals surface area contributed by atoms with Crippen molar-refractivity contribution in [2.75, 3.05) is 0 Å². The Balaban J connectivity index is 0.00000169. The molecule has 0 radical (unpaired) electrons. The normalized spacial score (nSPS) is 11.5. The summed E-state index contributed by atoms with van der Waals surface area (Å²) in [4.78, 5) is 7.84. The van der Waals surface area contributed by atoms with Crippen LogP contribution in [0.15, 0.2) is 10.4 Å². The quantitative estimate of drug-likeness (QED) is 0.455. The van der Waals surface area contributed by atoms with E-state index >= 15 is 0 Å². The summed E-state index contributed by atoms with van der Waals surface area (Å²) in [5.41, 5.74) is 11.1. The molecule has 0 saturated heterocycles. The van der Waals surface area contributed by atoms with Crippen LogP contribution in [0.1, 0.15) is 5.69 Å². The zero-order chi connectivity index (χ0) is 9.84. The molecule has 9 heteroatoms. The molecule has 1 rings (SSSR count). The van der Waals surface area contributed by atoms with Crippen molar-refractivity contribution in [2.24, 2.45) is 21.6 Å². The fraction of sp³-hybridized carbons (Fsp3) is 0.200. The lowest BCUT2D eigenvalue weighted by atomic mass is 10.6. The maximum Gasteiger partial charge on any atom is 0.212 e. The molecule has 80 valence electrons. The Morgan fingerprint density at radius 2 is 2.29 bits per heavy atom. The van der Waals surface area contributed by atoms with Crippen LogP contribution in [0.4, 0.5) is 5.13 Å². The minimum absolute atomic E-state index is 0. The SMILES string of the molecule is Cl.N=S(N)Cc1csc(N=C(N)N)n1. The van der Waals surface area contributed by atoms with Crippen LogP contribution < -0.4 is 16.6 Å². The summed E-state index contributed by atoms with van der Waals surface area (Å²) in [6.45, 7) is 0. The first kappa shape index (κ1) is 13.3. The number of rotatable bonds is 3. The van der Waals surface area contributed by atoms with Gasteiger partial charge in [0.05, 0.1) is 11.4 Å². The number of guanidine groups is 1. The summed E-state index contributed by atoms with van der Waals surface area (Å²) in [5.74, 6) is 0.426. The predicted molar refractivity (Wildman–Crippen MR) is 62.8 cm³/mol. The molecule has 0 aliphatic carbocycles. The Kier molecular flexibility index (Phi) is 5.62. The van der Waals surface area contributed by atoms with Gasteiger partial charge in [0.25, 0.3) is 0 Å². The fourth-order valence-electron chi connectivity index (χ4n) is 0.684. The van der Waals surface area contributed by atoms with Gasteiger partial charge in [-0.3, -0.25) is 9.92 Å². The molecule has 14 heavy (non-hydrogen) atoms. The van der Waals surface area contributed by atoms with Crippen LogP contribution in [0.3, 0.4) is 0 Å². The maximum absolute atomic E-state index is 7.15. The Hall–Kier alpha value is -0.700. The molecule has 0 aliphatic heterocycles. The van der Waals surface area contributed by atoms with Crippen LogP contribution in [-0.2, 0) is 16.6 Å². The Morgan fingerprint density at radius 3 is 2.79 bits per heavy atom. The number of hydrogen-bond acceptors (Lipinski definition) is 4. The van der Waals surface area contributed by atoms with Gasteiger partial charge in [0.15, 0.2) is 5.96 Å². The molecule has 0 spiro atoms. The Labute approximate surface area is 94.0 Å². The van der Waals surface area contributed by atoms with Gasteiger partial charge in [-0.05, 0) is 10.9 Å². The van der Waals surface area contributed by atoms with Gasteiger partial charge in [0, 0.05) is 5.38 Å². The standard InChI is InChI=1S/C5H10N6S2.ClH/c6-4(7)11-5-10-3(1-12-5)2-13(8)9;/h1H,2H2,(H3,8,9)(H4,6,7,10,11);1H. The average molecular weight is 255 g/mol. The number of hydrogen-bond donors (Lipinski definition) is 4. The van der Waals surface area contributed by atoms with Gasteiger partial charge in [-0.2, -0.15) is 4.99 Å². The number of aliphatic imine (C=N–C) groups is 1. The van der Waals surface area contributed by atoms with E-state index in [0.29, 0.717) is 10.9 Å². The van der Waals surface area contributed by atoms with E-state index in [-0.39, 0.29) is 18.4 Å². The third-order valence-corrected chi connectivity index (χ3v) is 2.46. The van der Waals surface area contributed by atoms with Crippen LogP contribution in [0.25, 0.3) is 0 Å². The summed E-state index contributed by atoms with van der Waals surface area (Å²) >= 11 is 1.33. The topological polar surface area (TPSA) is 127 Å². The van der Waals surface area contributed by atoms with Gasteiger partial charge in [0.1, 0.15) is 0 Å². The molecule has 0 aliphatic rings. The average Bonchev–Trinajstić information content (AvgIpc) is 2.33. The summed E-state index contributed by atoms with van der Waals surface area (Å²) in [6.07, 6.45) is 0. The number of aromatic nitrogens is 1. The second-order valence-corrected chi connectivity index (χ2v) is 4.21. The van der Waals surface area contributed by atoms with Gasteiger partial charge >= 0.3 is 0 Å². The molecule has 0 aromatic carbocycles. The fourth-order valence-corrected chi connectivity index (χ4v) is 1.96. The highest BCUT2D eigenvalue weighted by Crippen LogP contribution is 2.18. The van der Waals surface area contributed by atoms with E-state index in [0.717, 1.165) is 5.69 Å². The van der Waals surface area contributed by atoms with Crippen molar-refractivity contribution in [1.29, 1.82) is 4.78 Å².